The molecule has 0 bridgehead atoms. The summed E-state index contributed by atoms with van der Waals surface area (Å²) in [4.78, 5) is 14.1. The van der Waals surface area contributed by atoms with E-state index in [4.69, 9.17) is 4.74 Å². The van der Waals surface area contributed by atoms with E-state index in [0.29, 0.717) is 25.2 Å². The molecule has 0 spiro atoms. The summed E-state index contributed by atoms with van der Waals surface area (Å²) in [6.45, 7) is 4.60. The van der Waals surface area contributed by atoms with Crippen LogP contribution in [0.25, 0.3) is 0 Å². The van der Waals surface area contributed by atoms with Gasteiger partial charge in [0.25, 0.3) is 0 Å². The van der Waals surface area contributed by atoms with Crippen LogP contribution in [0.2, 0.25) is 0 Å². The molecular weight excluding hydrogens is 314 g/mol. The molecule has 1 rings (SSSR count). The van der Waals surface area contributed by atoms with Crippen LogP contribution >= 0.6 is 0 Å². The van der Waals surface area contributed by atoms with Gasteiger partial charge in [-0.05, 0) is 44.0 Å². The molecule has 0 aromatic heterocycles. The number of sulfone groups is 1. The van der Waals surface area contributed by atoms with Crippen molar-refractivity contribution in [1.29, 1.82) is 0 Å². The standard InChI is InChI=1S/C17H27NO4S/c1-5-7-14(2)18(3)17(19)8-6-13-22-15-9-11-16(12-10-15)23(4,20)21/h9-12,14H,5-8,13H2,1-4H3/t14-/m0/s1. The lowest BCUT2D eigenvalue weighted by Gasteiger charge is -2.24. The first-order valence-corrected chi connectivity index (χ1v) is 9.83. The van der Waals surface area contributed by atoms with Crippen LogP contribution in [0, 0.1) is 0 Å². The maximum atomic E-state index is 12.0. The number of hydrogen-bond acceptors (Lipinski definition) is 4. The van der Waals surface area contributed by atoms with Crippen LogP contribution in [0.15, 0.2) is 29.2 Å². The fraction of sp³-hybridized carbons (Fsp3) is 0.588. The van der Waals surface area contributed by atoms with Crippen LogP contribution in [0.1, 0.15) is 39.5 Å². The van der Waals surface area contributed by atoms with E-state index in [9.17, 15) is 13.2 Å². The van der Waals surface area contributed by atoms with Gasteiger partial charge >= 0.3 is 0 Å². The zero-order chi connectivity index (χ0) is 17.5. The summed E-state index contributed by atoms with van der Waals surface area (Å²) in [5.74, 6) is 0.736. The van der Waals surface area contributed by atoms with E-state index in [1.807, 2.05) is 7.05 Å². The predicted molar refractivity (Wildman–Crippen MR) is 91.4 cm³/mol. The van der Waals surface area contributed by atoms with Crippen LogP contribution in [0.5, 0.6) is 5.75 Å². The first kappa shape index (κ1) is 19.5. The van der Waals surface area contributed by atoms with Gasteiger partial charge in [-0.25, -0.2) is 8.42 Å². The lowest BCUT2D eigenvalue weighted by molar-refractivity contribution is -0.132. The van der Waals surface area contributed by atoms with Crippen molar-refractivity contribution in [3.8, 4) is 5.75 Å². The number of benzene rings is 1. The molecule has 1 amide bonds. The molecule has 0 saturated heterocycles. The summed E-state index contributed by atoms with van der Waals surface area (Å²) in [5.41, 5.74) is 0. The van der Waals surface area contributed by atoms with E-state index in [1.165, 1.54) is 18.4 Å². The fourth-order valence-electron chi connectivity index (χ4n) is 2.23. The van der Waals surface area contributed by atoms with Crippen molar-refractivity contribution in [2.45, 2.75) is 50.5 Å². The molecule has 1 atom stereocenters. The maximum Gasteiger partial charge on any atom is 0.222 e. The SMILES string of the molecule is CCC[C@H](C)N(C)C(=O)CCCOc1ccc(S(C)(=O)=O)cc1. The number of hydrogen-bond donors (Lipinski definition) is 0. The average Bonchev–Trinajstić information content (AvgIpc) is 2.50. The van der Waals surface area contributed by atoms with Crippen molar-refractivity contribution < 1.29 is 17.9 Å². The molecule has 0 aliphatic carbocycles. The molecule has 0 N–H and O–H groups in total. The number of carbonyl (C=O) groups is 1. The maximum absolute atomic E-state index is 12.0. The number of carbonyl (C=O) groups excluding carboxylic acids is 1. The van der Waals surface area contributed by atoms with Crippen LogP contribution in [0.4, 0.5) is 0 Å². The molecule has 6 heteroatoms. The fourth-order valence-corrected chi connectivity index (χ4v) is 2.86. The Morgan fingerprint density at radius 3 is 2.39 bits per heavy atom. The number of rotatable bonds is 9. The Labute approximate surface area is 139 Å². The van der Waals surface area contributed by atoms with Gasteiger partial charge in [0, 0.05) is 25.8 Å². The lowest BCUT2D eigenvalue weighted by Crippen LogP contribution is -2.34. The molecule has 130 valence electrons. The Bertz CT molecular complexity index is 596. The van der Waals surface area contributed by atoms with E-state index in [0.717, 1.165) is 12.8 Å². The average molecular weight is 341 g/mol. The molecule has 1 aromatic rings. The van der Waals surface area contributed by atoms with E-state index < -0.39 is 9.84 Å². The van der Waals surface area contributed by atoms with Gasteiger partial charge in [-0.2, -0.15) is 0 Å². The highest BCUT2D eigenvalue weighted by Crippen LogP contribution is 2.16. The normalized spacial score (nSPS) is 12.7. The Morgan fingerprint density at radius 2 is 1.87 bits per heavy atom. The van der Waals surface area contributed by atoms with Crippen LogP contribution in [-0.2, 0) is 14.6 Å². The highest BCUT2D eigenvalue weighted by atomic mass is 32.2. The van der Waals surface area contributed by atoms with Crippen molar-refractivity contribution in [1.82, 2.24) is 4.90 Å². The Morgan fingerprint density at radius 1 is 1.26 bits per heavy atom. The minimum atomic E-state index is -3.18. The summed E-state index contributed by atoms with van der Waals surface area (Å²) in [7, 11) is -1.34. The largest absolute Gasteiger partial charge is 0.494 e. The van der Waals surface area contributed by atoms with E-state index >= 15 is 0 Å². The second kappa shape index (κ2) is 8.91. The van der Waals surface area contributed by atoms with Crippen molar-refractivity contribution >= 4 is 15.7 Å². The molecule has 23 heavy (non-hydrogen) atoms. The molecule has 0 radical (unpaired) electrons. The molecule has 0 unspecified atom stereocenters. The highest BCUT2D eigenvalue weighted by Gasteiger charge is 2.14. The van der Waals surface area contributed by atoms with Gasteiger partial charge in [0.2, 0.25) is 5.91 Å². The lowest BCUT2D eigenvalue weighted by atomic mass is 10.1. The Balaban J connectivity index is 2.36. The summed E-state index contributed by atoms with van der Waals surface area (Å²) < 4.78 is 28.3. The molecule has 0 saturated carbocycles. The van der Waals surface area contributed by atoms with Crippen molar-refractivity contribution in [3.05, 3.63) is 24.3 Å². The van der Waals surface area contributed by atoms with Gasteiger partial charge in [-0.3, -0.25) is 4.79 Å². The first-order valence-electron chi connectivity index (χ1n) is 7.94. The van der Waals surface area contributed by atoms with Crippen molar-refractivity contribution in [2.24, 2.45) is 0 Å². The summed E-state index contributed by atoms with van der Waals surface area (Å²) in [6.07, 6.45) is 4.32. The van der Waals surface area contributed by atoms with Gasteiger partial charge in [-0.1, -0.05) is 13.3 Å². The van der Waals surface area contributed by atoms with Gasteiger partial charge in [0.15, 0.2) is 9.84 Å². The minimum Gasteiger partial charge on any atom is -0.494 e. The molecule has 0 aliphatic rings. The van der Waals surface area contributed by atoms with Crippen molar-refractivity contribution in [3.63, 3.8) is 0 Å². The van der Waals surface area contributed by atoms with E-state index in [2.05, 4.69) is 13.8 Å². The topological polar surface area (TPSA) is 63.7 Å². The van der Waals surface area contributed by atoms with Gasteiger partial charge < -0.3 is 9.64 Å². The van der Waals surface area contributed by atoms with Crippen LogP contribution in [0.3, 0.4) is 0 Å². The zero-order valence-corrected chi connectivity index (χ0v) is 15.2. The number of amides is 1. The Kier molecular flexibility index (Phi) is 7.55. The molecule has 1 aromatic carbocycles. The second-order valence-corrected chi connectivity index (χ2v) is 7.85. The third kappa shape index (κ3) is 6.60. The Hall–Kier alpha value is -1.56. The first-order chi connectivity index (χ1) is 10.8. The van der Waals surface area contributed by atoms with Crippen LogP contribution < -0.4 is 4.74 Å². The summed E-state index contributed by atoms with van der Waals surface area (Å²) in [6, 6.07) is 6.57. The zero-order valence-electron chi connectivity index (χ0n) is 14.4. The van der Waals surface area contributed by atoms with E-state index in [-0.39, 0.29) is 16.8 Å². The smallest absolute Gasteiger partial charge is 0.222 e. The second-order valence-electron chi connectivity index (χ2n) is 5.84. The molecule has 5 nitrogen and oxygen atoms in total. The molecular formula is C17H27NO4S. The van der Waals surface area contributed by atoms with E-state index in [1.54, 1.807) is 17.0 Å². The predicted octanol–water partition coefficient (Wildman–Crippen LogP) is 2.90. The third-order valence-electron chi connectivity index (χ3n) is 3.82. The highest BCUT2D eigenvalue weighted by molar-refractivity contribution is 7.90. The van der Waals surface area contributed by atoms with Gasteiger partial charge in [-0.15, -0.1) is 0 Å². The quantitative estimate of drug-likeness (QED) is 0.648. The number of nitrogens with zero attached hydrogens (tertiary/aromatic N) is 1. The summed E-state index contributed by atoms with van der Waals surface area (Å²) >= 11 is 0. The minimum absolute atomic E-state index is 0.127. The van der Waals surface area contributed by atoms with Crippen LogP contribution in [-0.4, -0.2) is 45.2 Å². The van der Waals surface area contributed by atoms with Gasteiger partial charge in [0.05, 0.1) is 11.5 Å². The van der Waals surface area contributed by atoms with Gasteiger partial charge in [0.1, 0.15) is 5.75 Å². The third-order valence-corrected chi connectivity index (χ3v) is 4.95. The molecule has 0 fully saturated rings. The molecule has 0 aliphatic heterocycles. The number of ether oxygens (including phenoxy) is 1. The van der Waals surface area contributed by atoms with Crippen molar-refractivity contribution in [2.75, 3.05) is 19.9 Å². The summed E-state index contributed by atoms with van der Waals surface area (Å²) in [5, 5.41) is 0. The molecule has 0 heterocycles. The monoisotopic (exact) mass is 341 g/mol.